The minimum Gasteiger partial charge on any atom is -0.326 e. The van der Waals surface area contributed by atoms with Gasteiger partial charge in [-0.15, -0.1) is 0 Å². The monoisotopic (exact) mass is 404 g/mol. The molecule has 0 fully saturated rings. The lowest BCUT2D eigenvalue weighted by Gasteiger charge is -2.17. The molecular formula is C22H20N4O2S. The summed E-state index contributed by atoms with van der Waals surface area (Å²) in [7, 11) is 0. The van der Waals surface area contributed by atoms with Crippen molar-refractivity contribution in [3.63, 3.8) is 0 Å². The van der Waals surface area contributed by atoms with Crippen LogP contribution in [0, 0.1) is 13.8 Å². The van der Waals surface area contributed by atoms with Crippen molar-refractivity contribution >= 4 is 35.0 Å². The number of hydrogen-bond donors (Lipinski definition) is 2. The van der Waals surface area contributed by atoms with Crippen molar-refractivity contribution in [1.82, 2.24) is 9.97 Å². The maximum atomic E-state index is 12.6. The fraction of sp³-hybridized carbons (Fsp3) is 0.182. The van der Waals surface area contributed by atoms with Crippen LogP contribution in [0.2, 0.25) is 0 Å². The van der Waals surface area contributed by atoms with Crippen LogP contribution in [0.1, 0.15) is 33.7 Å². The molecule has 1 aromatic heterocycles. The van der Waals surface area contributed by atoms with Crippen LogP contribution in [0.4, 0.5) is 11.4 Å². The van der Waals surface area contributed by atoms with Gasteiger partial charge in [0.05, 0.1) is 0 Å². The summed E-state index contributed by atoms with van der Waals surface area (Å²) in [6.07, 6.45) is 1.09. The van der Waals surface area contributed by atoms with Crippen molar-refractivity contribution in [1.29, 1.82) is 0 Å². The average Bonchev–Trinajstić information content (AvgIpc) is 2.68. The van der Waals surface area contributed by atoms with E-state index in [1.807, 2.05) is 50.2 Å². The number of rotatable bonds is 4. The van der Waals surface area contributed by atoms with Gasteiger partial charge < -0.3 is 10.6 Å². The van der Waals surface area contributed by atoms with Gasteiger partial charge >= 0.3 is 0 Å². The molecule has 3 aromatic rings. The number of nitrogens with one attached hydrogen (secondary N) is 2. The van der Waals surface area contributed by atoms with E-state index in [-0.39, 0.29) is 11.8 Å². The number of hydrogen-bond acceptors (Lipinski definition) is 5. The van der Waals surface area contributed by atoms with E-state index in [2.05, 4.69) is 20.6 Å². The van der Waals surface area contributed by atoms with E-state index in [1.54, 1.807) is 12.1 Å². The van der Waals surface area contributed by atoms with Gasteiger partial charge in [-0.3, -0.25) is 9.59 Å². The van der Waals surface area contributed by atoms with Gasteiger partial charge in [0.25, 0.3) is 5.91 Å². The van der Waals surface area contributed by atoms with Crippen LogP contribution in [0.5, 0.6) is 0 Å². The number of fused-ring (bicyclic) bond motifs is 1. The number of aryl methyl sites for hydroxylation is 3. The third kappa shape index (κ3) is 4.63. The normalized spacial score (nSPS) is 12.8. The fourth-order valence-electron chi connectivity index (χ4n) is 3.18. The molecule has 0 saturated heterocycles. The number of nitrogens with zero attached hydrogens (tertiary/aromatic N) is 2. The zero-order chi connectivity index (χ0) is 20.4. The first kappa shape index (κ1) is 19.1. The fourth-order valence-corrected chi connectivity index (χ4v) is 4.04. The number of amides is 2. The molecule has 0 saturated carbocycles. The highest BCUT2D eigenvalue weighted by molar-refractivity contribution is 7.99. The standard InChI is InChI=1S/C22H20N4O2S/c1-13-11-14(2)24-22(23-13)29-18-7-5-17(6-8-18)25-21(28)16-3-9-19-15(12-16)4-10-20(27)26-19/h3,5-9,11-12H,4,10H2,1-2H3,(H,25,28)(H,26,27). The van der Waals surface area contributed by atoms with Crippen LogP contribution < -0.4 is 10.6 Å². The molecule has 2 amide bonds. The molecule has 146 valence electrons. The minimum absolute atomic E-state index is 0.0129. The Kier molecular flexibility index (Phi) is 5.31. The molecule has 0 atom stereocenters. The Hall–Kier alpha value is -3.19. The summed E-state index contributed by atoms with van der Waals surface area (Å²) in [5, 5.41) is 6.45. The number of aromatic nitrogens is 2. The Balaban J connectivity index is 1.43. The molecule has 29 heavy (non-hydrogen) atoms. The predicted octanol–water partition coefficient (Wildman–Crippen LogP) is 4.38. The molecule has 2 aromatic carbocycles. The molecule has 0 radical (unpaired) electrons. The number of anilines is 2. The van der Waals surface area contributed by atoms with Crippen LogP contribution in [0.25, 0.3) is 0 Å². The summed E-state index contributed by atoms with van der Waals surface area (Å²) in [4.78, 5) is 33.9. The van der Waals surface area contributed by atoms with Crippen molar-refractivity contribution in [3.8, 4) is 0 Å². The van der Waals surface area contributed by atoms with Gasteiger partial charge in [-0.2, -0.15) is 0 Å². The zero-order valence-electron chi connectivity index (χ0n) is 16.2. The van der Waals surface area contributed by atoms with Gasteiger partial charge in [0.15, 0.2) is 5.16 Å². The van der Waals surface area contributed by atoms with E-state index >= 15 is 0 Å². The minimum atomic E-state index is -0.178. The molecule has 2 N–H and O–H groups in total. The first-order valence-electron chi connectivity index (χ1n) is 9.30. The Morgan fingerprint density at radius 1 is 1.00 bits per heavy atom. The molecule has 0 unspecified atom stereocenters. The van der Waals surface area contributed by atoms with E-state index in [1.165, 1.54) is 11.8 Å². The van der Waals surface area contributed by atoms with E-state index in [0.29, 0.717) is 29.2 Å². The first-order chi connectivity index (χ1) is 14.0. The Labute approximate surface area is 173 Å². The molecule has 6 nitrogen and oxygen atoms in total. The van der Waals surface area contributed by atoms with E-state index < -0.39 is 0 Å². The Morgan fingerprint density at radius 2 is 1.72 bits per heavy atom. The summed E-state index contributed by atoms with van der Waals surface area (Å²) < 4.78 is 0. The molecule has 0 bridgehead atoms. The SMILES string of the molecule is Cc1cc(C)nc(Sc2ccc(NC(=O)c3ccc4c(c3)CCC(=O)N4)cc2)n1. The van der Waals surface area contributed by atoms with Crippen LogP contribution in [-0.2, 0) is 11.2 Å². The average molecular weight is 404 g/mol. The topological polar surface area (TPSA) is 84.0 Å². The molecule has 2 heterocycles. The molecule has 0 aliphatic carbocycles. The molecule has 7 heteroatoms. The highest BCUT2D eigenvalue weighted by Gasteiger charge is 2.16. The van der Waals surface area contributed by atoms with E-state index in [9.17, 15) is 9.59 Å². The summed E-state index contributed by atoms with van der Waals surface area (Å²) in [5.74, 6) is -0.165. The second-order valence-corrected chi connectivity index (χ2v) is 7.97. The molecular weight excluding hydrogens is 384 g/mol. The summed E-state index contributed by atoms with van der Waals surface area (Å²) in [6.45, 7) is 3.90. The van der Waals surface area contributed by atoms with Crippen molar-refractivity contribution in [2.24, 2.45) is 0 Å². The van der Waals surface area contributed by atoms with Crippen molar-refractivity contribution in [2.45, 2.75) is 36.7 Å². The van der Waals surface area contributed by atoms with Gasteiger partial charge in [-0.1, -0.05) is 0 Å². The lowest BCUT2D eigenvalue weighted by Crippen LogP contribution is -2.20. The maximum Gasteiger partial charge on any atom is 0.255 e. The second-order valence-electron chi connectivity index (χ2n) is 6.93. The van der Waals surface area contributed by atoms with Crippen LogP contribution in [-0.4, -0.2) is 21.8 Å². The molecule has 0 spiro atoms. The van der Waals surface area contributed by atoms with E-state index in [4.69, 9.17) is 0 Å². The summed E-state index contributed by atoms with van der Waals surface area (Å²) in [5.41, 5.74) is 4.93. The third-order valence-corrected chi connectivity index (χ3v) is 5.42. The van der Waals surface area contributed by atoms with Crippen LogP contribution in [0.15, 0.2) is 58.6 Å². The molecule has 1 aliphatic heterocycles. The lowest BCUT2D eigenvalue weighted by atomic mass is 10.00. The second kappa shape index (κ2) is 8.05. The number of carbonyl (C=O) groups excluding carboxylic acids is 2. The Morgan fingerprint density at radius 3 is 2.45 bits per heavy atom. The van der Waals surface area contributed by atoms with Gasteiger partial charge in [-0.25, -0.2) is 9.97 Å². The van der Waals surface area contributed by atoms with Gasteiger partial charge in [0, 0.05) is 39.6 Å². The summed E-state index contributed by atoms with van der Waals surface area (Å²) in [6, 6.07) is 14.9. The zero-order valence-corrected chi connectivity index (χ0v) is 17.0. The smallest absolute Gasteiger partial charge is 0.255 e. The van der Waals surface area contributed by atoms with Gasteiger partial charge in [0.2, 0.25) is 5.91 Å². The summed E-state index contributed by atoms with van der Waals surface area (Å²) >= 11 is 1.49. The van der Waals surface area contributed by atoms with Crippen LogP contribution >= 0.6 is 11.8 Å². The Bertz CT molecular complexity index is 1080. The van der Waals surface area contributed by atoms with Gasteiger partial charge in [-0.05, 0) is 86.1 Å². The number of carbonyl (C=O) groups is 2. The van der Waals surface area contributed by atoms with Crippen molar-refractivity contribution in [2.75, 3.05) is 10.6 Å². The predicted molar refractivity (Wildman–Crippen MR) is 113 cm³/mol. The highest BCUT2D eigenvalue weighted by Crippen LogP contribution is 2.27. The van der Waals surface area contributed by atoms with Crippen molar-refractivity contribution in [3.05, 3.63) is 71.0 Å². The molecule has 1 aliphatic rings. The lowest BCUT2D eigenvalue weighted by molar-refractivity contribution is -0.116. The van der Waals surface area contributed by atoms with Gasteiger partial charge in [0.1, 0.15) is 0 Å². The van der Waals surface area contributed by atoms with E-state index in [0.717, 1.165) is 27.5 Å². The van der Waals surface area contributed by atoms with Crippen molar-refractivity contribution < 1.29 is 9.59 Å². The number of benzene rings is 2. The quantitative estimate of drug-likeness (QED) is 0.631. The highest BCUT2D eigenvalue weighted by atomic mass is 32.2. The molecule has 4 rings (SSSR count). The largest absolute Gasteiger partial charge is 0.326 e. The van der Waals surface area contributed by atoms with Crippen LogP contribution in [0.3, 0.4) is 0 Å². The maximum absolute atomic E-state index is 12.6. The first-order valence-corrected chi connectivity index (χ1v) is 10.1. The third-order valence-electron chi connectivity index (χ3n) is 4.55.